The molecule has 2 aromatic rings. The molecule has 0 spiro atoms. The van der Waals surface area contributed by atoms with Gasteiger partial charge in [-0.2, -0.15) is 0 Å². The van der Waals surface area contributed by atoms with Crippen molar-refractivity contribution < 1.29 is 9.84 Å². The summed E-state index contributed by atoms with van der Waals surface area (Å²) in [5.41, 5.74) is 6.32. The van der Waals surface area contributed by atoms with E-state index in [-0.39, 0.29) is 11.5 Å². The molecule has 0 unspecified atom stereocenters. The van der Waals surface area contributed by atoms with Gasteiger partial charge in [-0.15, -0.1) is 0 Å². The van der Waals surface area contributed by atoms with E-state index in [1.807, 2.05) is 0 Å². The summed E-state index contributed by atoms with van der Waals surface area (Å²) < 4.78 is 6.37. The third kappa shape index (κ3) is 1.29. The monoisotopic (exact) mass is 220 g/mol. The standard InChI is InChI=1S/C11H12N2O3/c1-13-8-5-6(12)3-4-7(8)10(16-2)9(14)11(13)15/h3-5,14H,12H2,1-2H3. The molecule has 0 saturated carbocycles. The van der Waals surface area contributed by atoms with Crippen LogP contribution >= 0.6 is 0 Å². The first-order valence-corrected chi connectivity index (χ1v) is 4.71. The Hall–Kier alpha value is -2.17. The number of aromatic hydroxyl groups is 1. The smallest absolute Gasteiger partial charge is 0.296 e. The first-order chi connectivity index (χ1) is 7.56. The molecule has 1 aromatic heterocycles. The van der Waals surface area contributed by atoms with Crippen LogP contribution in [0, 0.1) is 0 Å². The van der Waals surface area contributed by atoms with Crippen molar-refractivity contribution in [3.63, 3.8) is 0 Å². The molecule has 0 aliphatic rings. The van der Waals surface area contributed by atoms with Crippen molar-refractivity contribution in [2.45, 2.75) is 0 Å². The summed E-state index contributed by atoms with van der Waals surface area (Å²) in [7, 11) is 2.98. The van der Waals surface area contributed by atoms with Crippen molar-refractivity contribution in [1.82, 2.24) is 4.57 Å². The van der Waals surface area contributed by atoms with E-state index in [9.17, 15) is 9.90 Å². The summed E-state index contributed by atoms with van der Waals surface area (Å²) in [5, 5.41) is 10.3. The Morgan fingerprint density at radius 3 is 2.75 bits per heavy atom. The van der Waals surface area contributed by atoms with E-state index in [4.69, 9.17) is 10.5 Å². The molecular formula is C11H12N2O3. The summed E-state index contributed by atoms with van der Waals surface area (Å²) in [4.78, 5) is 11.7. The van der Waals surface area contributed by atoms with Gasteiger partial charge in [0.15, 0.2) is 5.75 Å². The zero-order valence-electron chi connectivity index (χ0n) is 9.02. The Morgan fingerprint density at radius 2 is 2.12 bits per heavy atom. The second-order valence-corrected chi connectivity index (χ2v) is 3.52. The van der Waals surface area contributed by atoms with Crippen LogP contribution in [0.3, 0.4) is 0 Å². The Balaban J connectivity index is 3.04. The van der Waals surface area contributed by atoms with Crippen molar-refractivity contribution >= 4 is 16.6 Å². The number of nitrogens with zero attached hydrogens (tertiary/aromatic N) is 1. The van der Waals surface area contributed by atoms with E-state index in [0.29, 0.717) is 16.6 Å². The highest BCUT2D eigenvalue weighted by Crippen LogP contribution is 2.31. The van der Waals surface area contributed by atoms with Crippen LogP contribution in [-0.2, 0) is 7.05 Å². The molecule has 0 fully saturated rings. The predicted molar refractivity (Wildman–Crippen MR) is 61.8 cm³/mol. The van der Waals surface area contributed by atoms with Crippen LogP contribution in [-0.4, -0.2) is 16.8 Å². The molecule has 0 atom stereocenters. The topological polar surface area (TPSA) is 77.5 Å². The van der Waals surface area contributed by atoms with Gasteiger partial charge in [-0.3, -0.25) is 4.79 Å². The maximum absolute atomic E-state index is 11.7. The van der Waals surface area contributed by atoms with Gasteiger partial charge in [0.1, 0.15) is 0 Å². The average Bonchev–Trinajstić information content (AvgIpc) is 2.28. The van der Waals surface area contributed by atoms with Gasteiger partial charge in [-0.25, -0.2) is 0 Å². The Labute approximate surface area is 91.7 Å². The molecule has 0 bridgehead atoms. The van der Waals surface area contributed by atoms with E-state index in [2.05, 4.69) is 0 Å². The lowest BCUT2D eigenvalue weighted by Gasteiger charge is -2.11. The summed E-state index contributed by atoms with van der Waals surface area (Å²) in [5.74, 6) is -0.208. The largest absolute Gasteiger partial charge is 0.500 e. The van der Waals surface area contributed by atoms with Crippen molar-refractivity contribution in [3.8, 4) is 11.5 Å². The molecule has 16 heavy (non-hydrogen) atoms. The number of ether oxygens (including phenoxy) is 1. The van der Waals surface area contributed by atoms with E-state index < -0.39 is 5.56 Å². The number of fused-ring (bicyclic) bond motifs is 1. The number of nitrogen functional groups attached to an aromatic ring is 1. The molecule has 2 rings (SSSR count). The summed E-state index contributed by atoms with van der Waals surface area (Å²) in [6.07, 6.45) is 0. The highest BCUT2D eigenvalue weighted by atomic mass is 16.5. The van der Waals surface area contributed by atoms with Crippen LogP contribution in [0.4, 0.5) is 5.69 Å². The maximum Gasteiger partial charge on any atom is 0.296 e. The molecule has 3 N–H and O–H groups in total. The molecule has 0 aliphatic heterocycles. The maximum atomic E-state index is 11.7. The lowest BCUT2D eigenvalue weighted by atomic mass is 10.1. The number of nitrogens with two attached hydrogens (primary N) is 1. The third-order valence-corrected chi connectivity index (χ3v) is 2.55. The molecule has 5 nitrogen and oxygen atoms in total. The summed E-state index contributed by atoms with van der Waals surface area (Å²) in [6, 6.07) is 5.07. The summed E-state index contributed by atoms with van der Waals surface area (Å²) in [6.45, 7) is 0. The Morgan fingerprint density at radius 1 is 1.44 bits per heavy atom. The van der Waals surface area contributed by atoms with Crippen LogP contribution in [0.5, 0.6) is 11.5 Å². The number of aromatic nitrogens is 1. The van der Waals surface area contributed by atoms with Crippen LogP contribution in [0.25, 0.3) is 10.9 Å². The summed E-state index contributed by atoms with van der Waals surface area (Å²) >= 11 is 0. The minimum absolute atomic E-state index is 0.179. The Kier molecular flexibility index (Phi) is 2.23. The fraction of sp³-hybridized carbons (Fsp3) is 0.182. The lowest BCUT2D eigenvalue weighted by Crippen LogP contribution is -2.17. The molecule has 0 saturated heterocycles. The van der Waals surface area contributed by atoms with Crippen molar-refractivity contribution in [3.05, 3.63) is 28.6 Å². The zero-order chi connectivity index (χ0) is 11.9. The van der Waals surface area contributed by atoms with Gasteiger partial charge in [0.05, 0.1) is 12.6 Å². The first-order valence-electron chi connectivity index (χ1n) is 4.71. The minimum atomic E-state index is -0.505. The van der Waals surface area contributed by atoms with Crippen LogP contribution in [0.1, 0.15) is 0 Å². The molecule has 1 aromatic carbocycles. The van der Waals surface area contributed by atoms with Crippen LogP contribution in [0.15, 0.2) is 23.0 Å². The normalized spacial score (nSPS) is 10.6. The molecule has 5 heteroatoms. The number of methoxy groups -OCH3 is 1. The van der Waals surface area contributed by atoms with Gasteiger partial charge < -0.3 is 20.1 Å². The van der Waals surface area contributed by atoms with Gasteiger partial charge in [0.25, 0.3) is 5.56 Å². The predicted octanol–water partition coefficient (Wildman–Crippen LogP) is 0.835. The van der Waals surface area contributed by atoms with Gasteiger partial charge >= 0.3 is 0 Å². The van der Waals surface area contributed by atoms with Crippen molar-refractivity contribution in [2.75, 3.05) is 12.8 Å². The molecule has 1 heterocycles. The second kappa shape index (κ2) is 3.44. The quantitative estimate of drug-likeness (QED) is 0.698. The SMILES string of the molecule is COc1c(O)c(=O)n(C)c2cc(N)ccc12. The van der Waals surface area contributed by atoms with Crippen molar-refractivity contribution in [1.29, 1.82) is 0 Å². The van der Waals surface area contributed by atoms with E-state index in [0.717, 1.165) is 0 Å². The van der Waals surface area contributed by atoms with Gasteiger partial charge in [0.2, 0.25) is 5.75 Å². The van der Waals surface area contributed by atoms with E-state index in [1.165, 1.54) is 11.7 Å². The second-order valence-electron chi connectivity index (χ2n) is 3.52. The highest BCUT2D eigenvalue weighted by Gasteiger charge is 2.14. The average molecular weight is 220 g/mol. The fourth-order valence-electron chi connectivity index (χ4n) is 1.72. The fourth-order valence-corrected chi connectivity index (χ4v) is 1.72. The van der Waals surface area contributed by atoms with Gasteiger partial charge in [0, 0.05) is 18.1 Å². The van der Waals surface area contributed by atoms with E-state index in [1.54, 1.807) is 25.2 Å². The van der Waals surface area contributed by atoms with Gasteiger partial charge in [-0.05, 0) is 18.2 Å². The molecule has 0 amide bonds. The molecule has 0 radical (unpaired) electrons. The third-order valence-electron chi connectivity index (χ3n) is 2.55. The number of rotatable bonds is 1. The first kappa shape index (κ1) is 10.4. The number of pyridine rings is 1. The number of hydrogen-bond donors (Lipinski definition) is 2. The zero-order valence-corrected chi connectivity index (χ0v) is 9.02. The molecular weight excluding hydrogens is 208 g/mol. The molecule has 84 valence electrons. The van der Waals surface area contributed by atoms with Gasteiger partial charge in [-0.1, -0.05) is 0 Å². The number of benzene rings is 1. The van der Waals surface area contributed by atoms with Crippen molar-refractivity contribution in [2.24, 2.45) is 7.05 Å². The minimum Gasteiger partial charge on any atom is -0.500 e. The number of anilines is 1. The lowest BCUT2D eigenvalue weighted by molar-refractivity contribution is 0.372. The number of hydrogen-bond acceptors (Lipinski definition) is 4. The Bertz CT molecular complexity index is 617. The van der Waals surface area contributed by atoms with Crippen LogP contribution < -0.4 is 16.0 Å². The molecule has 0 aliphatic carbocycles. The van der Waals surface area contributed by atoms with Crippen LogP contribution in [0.2, 0.25) is 0 Å². The number of aryl methyl sites for hydroxylation is 1. The van der Waals surface area contributed by atoms with E-state index >= 15 is 0 Å². The highest BCUT2D eigenvalue weighted by molar-refractivity contribution is 5.89.